The van der Waals surface area contributed by atoms with E-state index in [1.165, 1.54) is 6.92 Å². The molecule has 1 aromatic heterocycles. The van der Waals surface area contributed by atoms with Crippen LogP contribution in [0.1, 0.15) is 29.0 Å². The predicted molar refractivity (Wildman–Crippen MR) is 59.8 cm³/mol. The molecule has 0 saturated heterocycles. The highest BCUT2D eigenvalue weighted by Crippen LogP contribution is 2.19. The Morgan fingerprint density at radius 1 is 1.41 bits per heavy atom. The van der Waals surface area contributed by atoms with Gasteiger partial charge in [-0.25, -0.2) is 0 Å². The molecule has 2 rings (SSSR count). The Hall–Kier alpha value is -2.17. The highest BCUT2D eigenvalue weighted by Gasteiger charge is 2.09. The molecule has 0 unspecified atom stereocenters. The van der Waals surface area contributed by atoms with Crippen LogP contribution in [0.3, 0.4) is 0 Å². The third kappa shape index (κ3) is 2.69. The van der Waals surface area contributed by atoms with E-state index in [1.807, 2.05) is 6.07 Å². The van der Waals surface area contributed by atoms with Crippen LogP contribution in [0.2, 0.25) is 0 Å². The van der Waals surface area contributed by atoms with Gasteiger partial charge in [-0.3, -0.25) is 4.79 Å². The summed E-state index contributed by atoms with van der Waals surface area (Å²) in [7, 11) is 0. The minimum atomic E-state index is -0.0371. The van der Waals surface area contributed by atoms with Crippen molar-refractivity contribution in [1.82, 2.24) is 10.1 Å². The first kappa shape index (κ1) is 11.3. The number of hydrogen-bond acceptors (Lipinski definition) is 5. The lowest BCUT2D eigenvalue weighted by Gasteiger charge is -2.06. The van der Waals surface area contributed by atoms with Crippen molar-refractivity contribution in [2.24, 2.45) is 0 Å². The van der Waals surface area contributed by atoms with Gasteiger partial charge in [0.1, 0.15) is 5.75 Å². The molecule has 0 saturated carbocycles. The van der Waals surface area contributed by atoms with Gasteiger partial charge in [-0.15, -0.1) is 0 Å². The Labute approximate surface area is 98.4 Å². The molecule has 0 amide bonds. The van der Waals surface area contributed by atoms with Crippen LogP contribution in [0, 0.1) is 6.92 Å². The summed E-state index contributed by atoms with van der Waals surface area (Å²) in [6.07, 6.45) is 0. The lowest BCUT2D eigenvalue weighted by molar-refractivity contribution is 0.101. The number of carbonyl (C=O) groups is 1. The van der Waals surface area contributed by atoms with Crippen LogP contribution in [0.5, 0.6) is 5.75 Å². The number of ketones is 1. The summed E-state index contributed by atoms with van der Waals surface area (Å²) >= 11 is 0. The van der Waals surface area contributed by atoms with Crippen molar-refractivity contribution in [1.29, 1.82) is 0 Å². The summed E-state index contributed by atoms with van der Waals surface area (Å²) in [4.78, 5) is 15.4. The number of carbonyl (C=O) groups excluding carboxylic acids is 1. The van der Waals surface area contributed by atoms with Crippen LogP contribution in [0.25, 0.3) is 0 Å². The SMILES string of the molecule is CC(=O)c1ccccc1OCc1noc(C)n1. The smallest absolute Gasteiger partial charge is 0.223 e. The Bertz CT molecular complexity index is 534. The van der Waals surface area contributed by atoms with Gasteiger partial charge in [-0.2, -0.15) is 4.98 Å². The number of Topliss-reactive ketones (excluding diaryl/α,β-unsaturated/α-hetero) is 1. The van der Waals surface area contributed by atoms with E-state index in [4.69, 9.17) is 9.26 Å². The summed E-state index contributed by atoms with van der Waals surface area (Å²) in [5.74, 6) is 1.44. The second kappa shape index (κ2) is 4.78. The van der Waals surface area contributed by atoms with E-state index in [2.05, 4.69) is 10.1 Å². The molecule has 0 N–H and O–H groups in total. The fraction of sp³-hybridized carbons (Fsp3) is 0.250. The molecular formula is C12H12N2O3. The molecule has 0 radical (unpaired) electrons. The fourth-order valence-electron chi connectivity index (χ4n) is 1.43. The quantitative estimate of drug-likeness (QED) is 0.756. The molecule has 1 heterocycles. The Kier molecular flexibility index (Phi) is 3.18. The van der Waals surface area contributed by atoms with Crippen LogP contribution in [-0.2, 0) is 6.61 Å². The third-order valence-electron chi connectivity index (χ3n) is 2.19. The lowest BCUT2D eigenvalue weighted by Crippen LogP contribution is -2.02. The van der Waals surface area contributed by atoms with E-state index >= 15 is 0 Å². The molecule has 0 atom stereocenters. The monoisotopic (exact) mass is 232 g/mol. The number of benzene rings is 1. The average Bonchev–Trinajstić information content (AvgIpc) is 2.73. The summed E-state index contributed by atoms with van der Waals surface area (Å²) in [6, 6.07) is 7.06. The lowest BCUT2D eigenvalue weighted by atomic mass is 10.1. The van der Waals surface area contributed by atoms with E-state index in [0.29, 0.717) is 23.0 Å². The first-order valence-corrected chi connectivity index (χ1v) is 5.19. The number of aromatic nitrogens is 2. The summed E-state index contributed by atoms with van der Waals surface area (Å²) < 4.78 is 10.3. The maximum absolute atomic E-state index is 11.4. The highest BCUT2D eigenvalue weighted by atomic mass is 16.5. The maximum Gasteiger partial charge on any atom is 0.223 e. The highest BCUT2D eigenvalue weighted by molar-refractivity contribution is 5.96. The molecule has 0 fully saturated rings. The molecule has 88 valence electrons. The zero-order valence-electron chi connectivity index (χ0n) is 9.64. The van der Waals surface area contributed by atoms with E-state index in [1.54, 1.807) is 25.1 Å². The first-order chi connectivity index (χ1) is 8.16. The molecule has 17 heavy (non-hydrogen) atoms. The van der Waals surface area contributed by atoms with E-state index in [9.17, 15) is 4.79 Å². The van der Waals surface area contributed by atoms with Gasteiger partial charge < -0.3 is 9.26 Å². The topological polar surface area (TPSA) is 65.2 Å². The number of ether oxygens (including phenoxy) is 1. The number of para-hydroxylation sites is 1. The van der Waals surface area contributed by atoms with Gasteiger partial charge in [0.15, 0.2) is 12.4 Å². The van der Waals surface area contributed by atoms with Gasteiger partial charge in [0.25, 0.3) is 0 Å². The minimum absolute atomic E-state index is 0.0371. The van der Waals surface area contributed by atoms with Crippen molar-refractivity contribution in [3.8, 4) is 5.75 Å². The number of rotatable bonds is 4. The van der Waals surface area contributed by atoms with Crippen LogP contribution in [0.15, 0.2) is 28.8 Å². The predicted octanol–water partition coefficient (Wildman–Crippen LogP) is 2.16. The van der Waals surface area contributed by atoms with Crippen molar-refractivity contribution >= 4 is 5.78 Å². The van der Waals surface area contributed by atoms with Gasteiger partial charge >= 0.3 is 0 Å². The standard InChI is InChI=1S/C12H12N2O3/c1-8(15)10-5-3-4-6-11(10)16-7-12-13-9(2)17-14-12/h3-6H,7H2,1-2H3. The van der Waals surface area contributed by atoms with Crippen molar-refractivity contribution in [3.63, 3.8) is 0 Å². The first-order valence-electron chi connectivity index (χ1n) is 5.19. The molecule has 0 aliphatic carbocycles. The third-order valence-corrected chi connectivity index (χ3v) is 2.19. The number of hydrogen-bond donors (Lipinski definition) is 0. The van der Waals surface area contributed by atoms with Gasteiger partial charge in [-0.05, 0) is 19.1 Å². The van der Waals surface area contributed by atoms with Gasteiger partial charge in [-0.1, -0.05) is 17.3 Å². The molecule has 0 aliphatic heterocycles. The molecule has 0 bridgehead atoms. The molecular weight excluding hydrogens is 220 g/mol. The average molecular weight is 232 g/mol. The summed E-state index contributed by atoms with van der Waals surface area (Å²) in [5, 5.41) is 3.71. The Morgan fingerprint density at radius 2 is 2.18 bits per heavy atom. The van der Waals surface area contributed by atoms with Gasteiger partial charge in [0, 0.05) is 6.92 Å². The summed E-state index contributed by atoms with van der Waals surface area (Å²) in [5.41, 5.74) is 0.549. The molecule has 2 aromatic rings. The maximum atomic E-state index is 11.4. The zero-order chi connectivity index (χ0) is 12.3. The number of aryl methyl sites for hydroxylation is 1. The minimum Gasteiger partial charge on any atom is -0.485 e. The van der Waals surface area contributed by atoms with Gasteiger partial charge in [0.2, 0.25) is 11.7 Å². The van der Waals surface area contributed by atoms with Gasteiger partial charge in [0.05, 0.1) is 5.56 Å². The zero-order valence-corrected chi connectivity index (χ0v) is 9.64. The van der Waals surface area contributed by atoms with Crippen LogP contribution in [0.4, 0.5) is 0 Å². The largest absolute Gasteiger partial charge is 0.485 e. The van der Waals surface area contributed by atoms with E-state index in [-0.39, 0.29) is 12.4 Å². The van der Waals surface area contributed by atoms with Crippen molar-refractivity contribution in [2.75, 3.05) is 0 Å². The Balaban J connectivity index is 2.11. The van der Waals surface area contributed by atoms with Crippen LogP contribution < -0.4 is 4.74 Å². The Morgan fingerprint density at radius 3 is 2.82 bits per heavy atom. The van der Waals surface area contributed by atoms with Crippen LogP contribution in [-0.4, -0.2) is 15.9 Å². The molecule has 0 aliphatic rings. The van der Waals surface area contributed by atoms with E-state index in [0.717, 1.165) is 0 Å². The molecule has 5 heteroatoms. The van der Waals surface area contributed by atoms with Crippen molar-refractivity contribution < 1.29 is 14.1 Å². The van der Waals surface area contributed by atoms with E-state index < -0.39 is 0 Å². The second-order valence-corrected chi connectivity index (χ2v) is 3.57. The van der Waals surface area contributed by atoms with Crippen molar-refractivity contribution in [3.05, 3.63) is 41.5 Å². The fourth-order valence-corrected chi connectivity index (χ4v) is 1.43. The molecule has 5 nitrogen and oxygen atoms in total. The summed E-state index contributed by atoms with van der Waals surface area (Å²) in [6.45, 7) is 3.39. The molecule has 0 spiro atoms. The normalized spacial score (nSPS) is 10.2. The van der Waals surface area contributed by atoms with Crippen LogP contribution >= 0.6 is 0 Å². The second-order valence-electron chi connectivity index (χ2n) is 3.57. The number of nitrogens with zero attached hydrogens (tertiary/aromatic N) is 2. The van der Waals surface area contributed by atoms with Crippen molar-refractivity contribution in [2.45, 2.75) is 20.5 Å². The molecule has 1 aromatic carbocycles.